The molecule has 0 aliphatic rings. The number of aryl methyl sites for hydroxylation is 2. The number of carbonyl (C=O) groups is 1. The Morgan fingerprint density at radius 2 is 2.00 bits per heavy atom. The molecule has 2 heterocycles. The highest BCUT2D eigenvalue weighted by molar-refractivity contribution is 6.32. The SMILES string of the molecule is CC(=O)c1cc(F)c2nc(Cl)c(-c3nc(C)no3)c(C)c2c1. The third-order valence-corrected chi connectivity index (χ3v) is 3.68. The molecule has 0 saturated carbocycles. The van der Waals surface area contributed by atoms with E-state index in [0.29, 0.717) is 22.3 Å². The summed E-state index contributed by atoms with van der Waals surface area (Å²) in [7, 11) is 0. The third kappa shape index (κ3) is 2.25. The summed E-state index contributed by atoms with van der Waals surface area (Å²) in [6.07, 6.45) is 0. The number of rotatable bonds is 2. The Balaban J connectivity index is 2.38. The summed E-state index contributed by atoms with van der Waals surface area (Å²) < 4.78 is 19.3. The number of halogens is 2. The Morgan fingerprint density at radius 1 is 1.27 bits per heavy atom. The summed E-state index contributed by atoms with van der Waals surface area (Å²) in [5.74, 6) is -0.163. The smallest absolute Gasteiger partial charge is 0.261 e. The second-order valence-electron chi connectivity index (χ2n) is 4.96. The molecule has 0 radical (unpaired) electrons. The van der Waals surface area contributed by atoms with Crippen molar-refractivity contribution < 1.29 is 13.7 Å². The molecule has 5 nitrogen and oxygen atoms in total. The second kappa shape index (κ2) is 5.14. The van der Waals surface area contributed by atoms with Crippen LogP contribution in [0.15, 0.2) is 16.7 Å². The highest BCUT2D eigenvalue weighted by Crippen LogP contribution is 2.34. The normalized spacial score (nSPS) is 11.1. The van der Waals surface area contributed by atoms with Crippen LogP contribution in [0.25, 0.3) is 22.4 Å². The molecule has 0 N–H and O–H groups in total. The lowest BCUT2D eigenvalue weighted by Gasteiger charge is -2.10. The van der Waals surface area contributed by atoms with Gasteiger partial charge in [-0.05, 0) is 38.5 Å². The van der Waals surface area contributed by atoms with Crippen LogP contribution >= 0.6 is 11.6 Å². The minimum Gasteiger partial charge on any atom is -0.334 e. The second-order valence-corrected chi connectivity index (χ2v) is 5.32. The van der Waals surface area contributed by atoms with E-state index in [-0.39, 0.29) is 27.9 Å². The summed E-state index contributed by atoms with van der Waals surface area (Å²) in [5, 5.41) is 4.28. The van der Waals surface area contributed by atoms with E-state index in [4.69, 9.17) is 16.1 Å². The maximum atomic E-state index is 14.2. The molecule has 0 bridgehead atoms. The molecule has 0 saturated heterocycles. The van der Waals surface area contributed by atoms with Gasteiger partial charge in [0.15, 0.2) is 11.6 Å². The van der Waals surface area contributed by atoms with Gasteiger partial charge in [0, 0.05) is 10.9 Å². The quantitative estimate of drug-likeness (QED) is 0.529. The number of pyridine rings is 1. The average molecular weight is 320 g/mol. The van der Waals surface area contributed by atoms with Gasteiger partial charge in [-0.15, -0.1) is 0 Å². The average Bonchev–Trinajstić information content (AvgIpc) is 2.86. The molecule has 3 aromatic rings. The van der Waals surface area contributed by atoms with Crippen molar-refractivity contribution in [2.45, 2.75) is 20.8 Å². The summed E-state index contributed by atoms with van der Waals surface area (Å²) in [5.41, 5.74) is 1.44. The van der Waals surface area contributed by atoms with Crippen LogP contribution < -0.4 is 0 Å². The first-order valence-corrected chi connectivity index (χ1v) is 6.87. The van der Waals surface area contributed by atoms with Gasteiger partial charge >= 0.3 is 0 Å². The van der Waals surface area contributed by atoms with Gasteiger partial charge in [-0.3, -0.25) is 4.79 Å². The Morgan fingerprint density at radius 3 is 2.59 bits per heavy atom. The molecule has 112 valence electrons. The fraction of sp³-hybridized carbons (Fsp3) is 0.200. The van der Waals surface area contributed by atoms with E-state index in [2.05, 4.69) is 15.1 Å². The van der Waals surface area contributed by atoms with Crippen LogP contribution in [0.1, 0.15) is 28.7 Å². The van der Waals surface area contributed by atoms with Crippen molar-refractivity contribution in [2.75, 3.05) is 0 Å². The highest BCUT2D eigenvalue weighted by atomic mass is 35.5. The molecule has 1 aromatic carbocycles. The molecular weight excluding hydrogens is 309 g/mol. The molecule has 22 heavy (non-hydrogen) atoms. The zero-order chi connectivity index (χ0) is 16.0. The van der Waals surface area contributed by atoms with E-state index in [1.165, 1.54) is 6.92 Å². The number of carbonyl (C=O) groups excluding carboxylic acids is 1. The first kappa shape index (κ1) is 14.6. The monoisotopic (exact) mass is 319 g/mol. The largest absolute Gasteiger partial charge is 0.334 e. The molecule has 3 rings (SSSR count). The zero-order valence-electron chi connectivity index (χ0n) is 12.1. The fourth-order valence-electron chi connectivity index (χ4n) is 2.29. The van der Waals surface area contributed by atoms with Crippen molar-refractivity contribution in [1.82, 2.24) is 15.1 Å². The third-order valence-electron chi connectivity index (χ3n) is 3.41. The zero-order valence-corrected chi connectivity index (χ0v) is 12.8. The van der Waals surface area contributed by atoms with Crippen LogP contribution in [-0.2, 0) is 0 Å². The number of nitrogens with zero attached hydrogens (tertiary/aromatic N) is 3. The van der Waals surface area contributed by atoms with E-state index in [9.17, 15) is 9.18 Å². The summed E-state index contributed by atoms with van der Waals surface area (Å²) in [4.78, 5) is 19.7. The van der Waals surface area contributed by atoms with Crippen molar-refractivity contribution in [3.05, 3.63) is 40.1 Å². The number of benzene rings is 1. The van der Waals surface area contributed by atoms with Crippen LogP contribution in [-0.4, -0.2) is 20.9 Å². The number of aromatic nitrogens is 3. The lowest BCUT2D eigenvalue weighted by atomic mass is 10.0. The molecule has 7 heteroatoms. The minimum absolute atomic E-state index is 0.0723. The van der Waals surface area contributed by atoms with Crippen LogP contribution in [0.3, 0.4) is 0 Å². The van der Waals surface area contributed by atoms with Gasteiger partial charge in [-0.1, -0.05) is 16.8 Å². The number of hydrogen-bond acceptors (Lipinski definition) is 5. The molecule has 0 unspecified atom stereocenters. The predicted octanol–water partition coefficient (Wildman–Crippen LogP) is 3.90. The van der Waals surface area contributed by atoms with Gasteiger partial charge in [0.25, 0.3) is 5.89 Å². The number of hydrogen-bond donors (Lipinski definition) is 0. The lowest BCUT2D eigenvalue weighted by molar-refractivity contribution is 0.101. The first-order chi connectivity index (χ1) is 10.4. The van der Waals surface area contributed by atoms with E-state index in [1.54, 1.807) is 19.9 Å². The Labute approximate surface area is 130 Å². The maximum Gasteiger partial charge on any atom is 0.261 e. The lowest BCUT2D eigenvalue weighted by Crippen LogP contribution is -1.99. The summed E-state index contributed by atoms with van der Waals surface area (Å²) in [6.45, 7) is 4.80. The number of fused-ring (bicyclic) bond motifs is 1. The van der Waals surface area contributed by atoms with Crippen LogP contribution in [0.4, 0.5) is 4.39 Å². The van der Waals surface area contributed by atoms with Crippen LogP contribution in [0.2, 0.25) is 5.15 Å². The van der Waals surface area contributed by atoms with Crippen molar-refractivity contribution in [2.24, 2.45) is 0 Å². The van der Waals surface area contributed by atoms with Gasteiger partial charge in [0.1, 0.15) is 16.5 Å². The molecule has 0 fully saturated rings. The minimum atomic E-state index is -0.596. The Bertz CT molecular complexity index is 921. The number of ketones is 1. The molecule has 2 aromatic heterocycles. The standard InChI is InChI=1S/C15H11ClFN3O2/c1-6-10-4-9(7(2)21)5-11(17)13(10)19-14(16)12(6)15-18-8(3)20-22-15/h4-5H,1-3H3. The summed E-state index contributed by atoms with van der Waals surface area (Å²) in [6, 6.07) is 2.75. The van der Waals surface area contributed by atoms with Gasteiger partial charge in [0.05, 0.1) is 5.56 Å². The maximum absolute atomic E-state index is 14.2. The molecule has 0 aliphatic carbocycles. The van der Waals surface area contributed by atoms with E-state index < -0.39 is 5.82 Å². The van der Waals surface area contributed by atoms with Crippen molar-refractivity contribution in [3.63, 3.8) is 0 Å². The first-order valence-electron chi connectivity index (χ1n) is 6.49. The van der Waals surface area contributed by atoms with Gasteiger partial charge in [0.2, 0.25) is 0 Å². The highest BCUT2D eigenvalue weighted by Gasteiger charge is 2.20. The molecule has 0 atom stereocenters. The Kier molecular flexibility index (Phi) is 3.41. The van der Waals surface area contributed by atoms with Crippen LogP contribution in [0.5, 0.6) is 0 Å². The molecule has 0 aliphatic heterocycles. The van der Waals surface area contributed by atoms with Crippen molar-refractivity contribution in [3.8, 4) is 11.5 Å². The van der Waals surface area contributed by atoms with E-state index in [1.807, 2.05) is 0 Å². The summed E-state index contributed by atoms with van der Waals surface area (Å²) >= 11 is 6.15. The van der Waals surface area contributed by atoms with Crippen LogP contribution in [0, 0.1) is 19.7 Å². The Hall–Kier alpha value is -2.34. The van der Waals surface area contributed by atoms with E-state index >= 15 is 0 Å². The molecule has 0 spiro atoms. The van der Waals surface area contributed by atoms with Gasteiger partial charge in [-0.2, -0.15) is 4.98 Å². The van der Waals surface area contributed by atoms with Gasteiger partial charge in [-0.25, -0.2) is 9.37 Å². The number of Topliss-reactive ketones (excluding diaryl/α,β-unsaturated/α-hetero) is 1. The van der Waals surface area contributed by atoms with Crippen molar-refractivity contribution in [1.29, 1.82) is 0 Å². The van der Waals surface area contributed by atoms with Gasteiger partial charge < -0.3 is 4.52 Å². The predicted molar refractivity (Wildman–Crippen MR) is 79.5 cm³/mol. The van der Waals surface area contributed by atoms with Crippen molar-refractivity contribution >= 4 is 28.3 Å². The topological polar surface area (TPSA) is 68.9 Å². The fourth-order valence-corrected chi connectivity index (χ4v) is 2.60. The van der Waals surface area contributed by atoms with E-state index in [0.717, 1.165) is 6.07 Å². The molecular formula is C15H11ClFN3O2. The molecule has 0 amide bonds.